The van der Waals surface area contributed by atoms with Crippen LogP contribution < -0.4 is 15.4 Å². The maximum absolute atomic E-state index is 12.5. The molecule has 1 aliphatic rings. The minimum atomic E-state index is -0.460. The van der Waals surface area contributed by atoms with Crippen LogP contribution in [0.1, 0.15) is 10.4 Å². The van der Waals surface area contributed by atoms with Gasteiger partial charge in [-0.1, -0.05) is 12.1 Å². The Morgan fingerprint density at radius 3 is 2.48 bits per heavy atom. The van der Waals surface area contributed by atoms with Crippen LogP contribution in [-0.4, -0.2) is 67.6 Å². The summed E-state index contributed by atoms with van der Waals surface area (Å²) in [5, 5.41) is 16.5. The van der Waals surface area contributed by atoms with Gasteiger partial charge in [0.15, 0.2) is 6.61 Å². The van der Waals surface area contributed by atoms with Crippen LogP contribution in [0.15, 0.2) is 48.5 Å². The van der Waals surface area contributed by atoms with Crippen molar-refractivity contribution in [3.63, 3.8) is 0 Å². The SMILES string of the molecule is O=C(NCCNc1ccc([N+](=O)[O-])cc1)c1ccccc1OCC(=O)N1CCOCC1. The highest BCUT2D eigenvalue weighted by Crippen LogP contribution is 2.18. The van der Waals surface area contributed by atoms with Gasteiger partial charge in [-0.3, -0.25) is 19.7 Å². The van der Waals surface area contributed by atoms with Gasteiger partial charge in [0.25, 0.3) is 17.5 Å². The van der Waals surface area contributed by atoms with E-state index >= 15 is 0 Å². The van der Waals surface area contributed by atoms with E-state index in [1.807, 2.05) is 0 Å². The molecule has 0 radical (unpaired) electrons. The fraction of sp³-hybridized carbons (Fsp3) is 0.333. The Hall–Kier alpha value is -3.66. The van der Waals surface area contributed by atoms with Crippen molar-refractivity contribution in [3.8, 4) is 5.75 Å². The fourth-order valence-electron chi connectivity index (χ4n) is 3.00. The van der Waals surface area contributed by atoms with Crippen LogP contribution in [0, 0.1) is 10.1 Å². The van der Waals surface area contributed by atoms with Gasteiger partial charge in [0.1, 0.15) is 5.75 Å². The second kappa shape index (κ2) is 10.9. The third-order valence-corrected chi connectivity index (χ3v) is 4.66. The van der Waals surface area contributed by atoms with Gasteiger partial charge >= 0.3 is 0 Å². The van der Waals surface area contributed by atoms with Crippen molar-refractivity contribution in [3.05, 3.63) is 64.2 Å². The quantitative estimate of drug-likeness (QED) is 0.354. The first-order valence-corrected chi connectivity index (χ1v) is 9.88. The monoisotopic (exact) mass is 428 g/mol. The highest BCUT2D eigenvalue weighted by molar-refractivity contribution is 5.97. The number of carbonyl (C=O) groups excluding carboxylic acids is 2. The van der Waals surface area contributed by atoms with E-state index in [0.29, 0.717) is 56.4 Å². The highest BCUT2D eigenvalue weighted by Gasteiger charge is 2.18. The number of anilines is 1. The van der Waals surface area contributed by atoms with Gasteiger partial charge in [-0.2, -0.15) is 0 Å². The zero-order valence-corrected chi connectivity index (χ0v) is 16.9. The highest BCUT2D eigenvalue weighted by atomic mass is 16.6. The van der Waals surface area contributed by atoms with Crippen molar-refractivity contribution in [2.75, 3.05) is 51.3 Å². The first-order valence-electron chi connectivity index (χ1n) is 9.88. The molecule has 0 bridgehead atoms. The third kappa shape index (κ3) is 6.41. The Morgan fingerprint density at radius 1 is 1.06 bits per heavy atom. The topological polar surface area (TPSA) is 123 Å². The van der Waals surface area contributed by atoms with Crippen LogP contribution in [0.25, 0.3) is 0 Å². The summed E-state index contributed by atoms with van der Waals surface area (Å²) in [6.45, 7) is 2.71. The molecule has 0 unspecified atom stereocenters. The Morgan fingerprint density at radius 2 is 1.77 bits per heavy atom. The summed E-state index contributed by atoms with van der Waals surface area (Å²) in [5.41, 5.74) is 1.07. The zero-order chi connectivity index (χ0) is 22.1. The normalized spacial score (nSPS) is 13.4. The Bertz CT molecular complexity index is 912. The fourth-order valence-corrected chi connectivity index (χ4v) is 3.00. The molecular weight excluding hydrogens is 404 g/mol. The molecule has 10 heteroatoms. The summed E-state index contributed by atoms with van der Waals surface area (Å²) in [6.07, 6.45) is 0. The van der Waals surface area contributed by atoms with Crippen LogP contribution in [0.4, 0.5) is 11.4 Å². The van der Waals surface area contributed by atoms with Gasteiger partial charge in [-0.05, 0) is 24.3 Å². The lowest BCUT2D eigenvalue weighted by Gasteiger charge is -2.26. The standard InChI is InChI=1S/C21H24N4O6/c26-20(24-11-13-30-14-12-24)15-31-19-4-2-1-3-18(19)21(27)23-10-9-22-16-5-7-17(8-6-16)25(28)29/h1-8,22H,9-15H2,(H,23,27). The van der Waals surface area contributed by atoms with Crippen LogP contribution in [0.5, 0.6) is 5.75 Å². The molecule has 0 aromatic heterocycles. The lowest BCUT2D eigenvalue weighted by molar-refractivity contribution is -0.384. The lowest BCUT2D eigenvalue weighted by Crippen LogP contribution is -2.43. The summed E-state index contributed by atoms with van der Waals surface area (Å²) in [4.78, 5) is 36.7. The Labute approximate surface area is 179 Å². The summed E-state index contributed by atoms with van der Waals surface area (Å²) in [7, 11) is 0. The van der Waals surface area contributed by atoms with Gasteiger partial charge in [0.05, 0.1) is 23.7 Å². The molecule has 0 saturated carbocycles. The summed E-state index contributed by atoms with van der Waals surface area (Å²) in [5.74, 6) is -0.129. The van der Waals surface area contributed by atoms with Crippen LogP contribution in [-0.2, 0) is 9.53 Å². The van der Waals surface area contributed by atoms with E-state index in [1.54, 1.807) is 41.3 Å². The summed E-state index contributed by atoms with van der Waals surface area (Å²) in [6, 6.07) is 12.8. The molecule has 1 heterocycles. The van der Waals surface area contributed by atoms with Crippen LogP contribution >= 0.6 is 0 Å². The number of morpholine rings is 1. The second-order valence-corrected chi connectivity index (χ2v) is 6.76. The average molecular weight is 428 g/mol. The van der Waals surface area contributed by atoms with Crippen molar-refractivity contribution < 1.29 is 24.0 Å². The predicted octanol–water partition coefficient (Wildman–Crippen LogP) is 1.67. The number of para-hydroxylation sites is 1. The van der Waals surface area contributed by atoms with Crippen molar-refractivity contribution in [1.29, 1.82) is 0 Å². The second-order valence-electron chi connectivity index (χ2n) is 6.76. The number of carbonyl (C=O) groups is 2. The van der Waals surface area contributed by atoms with Gasteiger partial charge in [0.2, 0.25) is 0 Å². The molecule has 1 aliphatic heterocycles. The molecular formula is C21H24N4O6. The molecule has 2 amide bonds. The molecule has 2 aromatic carbocycles. The number of amides is 2. The van der Waals surface area contributed by atoms with E-state index < -0.39 is 4.92 Å². The molecule has 0 aliphatic carbocycles. The number of ether oxygens (including phenoxy) is 2. The molecule has 164 valence electrons. The number of benzene rings is 2. The van der Waals surface area contributed by atoms with E-state index in [4.69, 9.17) is 9.47 Å². The van der Waals surface area contributed by atoms with Gasteiger partial charge in [0, 0.05) is 44.0 Å². The maximum atomic E-state index is 12.5. The van der Waals surface area contributed by atoms with Crippen LogP contribution in [0.2, 0.25) is 0 Å². The Balaban J connectivity index is 1.46. The summed E-state index contributed by atoms with van der Waals surface area (Å²) >= 11 is 0. The van der Waals surface area contributed by atoms with Crippen molar-refractivity contribution in [2.24, 2.45) is 0 Å². The molecule has 10 nitrogen and oxygen atoms in total. The zero-order valence-electron chi connectivity index (χ0n) is 16.9. The number of rotatable bonds is 9. The van der Waals surface area contributed by atoms with E-state index in [1.165, 1.54) is 12.1 Å². The average Bonchev–Trinajstić information content (AvgIpc) is 2.81. The first kappa shape index (κ1) is 22.0. The van der Waals surface area contributed by atoms with Gasteiger partial charge in [-0.15, -0.1) is 0 Å². The number of nitro groups is 1. The van der Waals surface area contributed by atoms with E-state index in [0.717, 1.165) is 0 Å². The van der Waals surface area contributed by atoms with E-state index in [-0.39, 0.29) is 24.1 Å². The smallest absolute Gasteiger partial charge is 0.269 e. The van der Waals surface area contributed by atoms with Gasteiger partial charge in [-0.25, -0.2) is 0 Å². The molecule has 2 N–H and O–H groups in total. The molecule has 2 aromatic rings. The molecule has 31 heavy (non-hydrogen) atoms. The molecule has 1 fully saturated rings. The number of nitrogens with zero attached hydrogens (tertiary/aromatic N) is 2. The predicted molar refractivity (Wildman–Crippen MR) is 113 cm³/mol. The third-order valence-electron chi connectivity index (χ3n) is 4.66. The maximum Gasteiger partial charge on any atom is 0.269 e. The van der Waals surface area contributed by atoms with Crippen LogP contribution in [0.3, 0.4) is 0 Å². The number of nitrogens with one attached hydrogen (secondary N) is 2. The minimum absolute atomic E-state index is 0.0163. The Kier molecular flexibility index (Phi) is 7.77. The van der Waals surface area contributed by atoms with Gasteiger partial charge < -0.3 is 25.0 Å². The number of nitro benzene ring substituents is 1. The largest absolute Gasteiger partial charge is 0.483 e. The lowest BCUT2D eigenvalue weighted by atomic mass is 10.2. The number of non-ortho nitro benzene ring substituents is 1. The van der Waals surface area contributed by atoms with Crippen molar-refractivity contribution in [2.45, 2.75) is 0 Å². The summed E-state index contributed by atoms with van der Waals surface area (Å²) < 4.78 is 10.8. The molecule has 3 rings (SSSR count). The van der Waals surface area contributed by atoms with E-state index in [2.05, 4.69) is 10.6 Å². The van der Waals surface area contributed by atoms with Crippen molar-refractivity contribution in [1.82, 2.24) is 10.2 Å². The first-order chi connectivity index (χ1) is 15.0. The van der Waals surface area contributed by atoms with Crippen molar-refractivity contribution >= 4 is 23.2 Å². The molecule has 1 saturated heterocycles. The van der Waals surface area contributed by atoms with E-state index in [9.17, 15) is 19.7 Å². The molecule has 0 spiro atoms. The minimum Gasteiger partial charge on any atom is -0.483 e. The number of hydrogen-bond acceptors (Lipinski definition) is 7. The molecule has 0 atom stereocenters. The number of hydrogen-bond donors (Lipinski definition) is 2.